The van der Waals surface area contributed by atoms with Crippen LogP contribution in [0.15, 0.2) is 47.7 Å². The van der Waals surface area contributed by atoms with Crippen molar-refractivity contribution < 1.29 is 9.90 Å². The molecule has 0 saturated carbocycles. The molecule has 0 aliphatic heterocycles. The highest BCUT2D eigenvalue weighted by molar-refractivity contribution is 5.93. The minimum atomic E-state index is -0.580. The van der Waals surface area contributed by atoms with E-state index in [1.165, 1.54) is 18.3 Å². The zero-order valence-electron chi connectivity index (χ0n) is 11.9. The summed E-state index contributed by atoms with van der Waals surface area (Å²) in [5.74, 6) is -0.408. The number of nitrogens with zero attached hydrogens (tertiary/aromatic N) is 3. The third-order valence-corrected chi connectivity index (χ3v) is 3.32. The summed E-state index contributed by atoms with van der Waals surface area (Å²) in [4.78, 5) is 32.4. The Balaban J connectivity index is 1.88. The van der Waals surface area contributed by atoms with Gasteiger partial charge in [0.1, 0.15) is 11.4 Å². The molecule has 0 saturated heterocycles. The van der Waals surface area contributed by atoms with Gasteiger partial charge in [-0.1, -0.05) is 6.07 Å². The van der Waals surface area contributed by atoms with Crippen molar-refractivity contribution in [2.75, 3.05) is 5.73 Å². The molecule has 0 atom stereocenters. The Bertz CT molecular complexity index is 951. The predicted octanol–water partition coefficient (Wildman–Crippen LogP) is 0.307. The van der Waals surface area contributed by atoms with Crippen molar-refractivity contribution in [3.63, 3.8) is 0 Å². The highest BCUT2D eigenvalue weighted by Crippen LogP contribution is 2.13. The van der Waals surface area contributed by atoms with Crippen LogP contribution in [0.25, 0.3) is 5.65 Å². The highest BCUT2D eigenvalue weighted by Gasteiger charge is 2.14. The molecule has 0 fully saturated rings. The van der Waals surface area contributed by atoms with Gasteiger partial charge in [-0.25, -0.2) is 9.97 Å². The predicted molar refractivity (Wildman–Crippen MR) is 82.9 cm³/mol. The van der Waals surface area contributed by atoms with Crippen molar-refractivity contribution in [1.29, 1.82) is 0 Å². The van der Waals surface area contributed by atoms with Crippen LogP contribution < -0.4 is 16.6 Å². The largest absolute Gasteiger partial charge is 0.504 e. The fraction of sp³-hybridized carbons (Fsp3) is 0.0667. The second kappa shape index (κ2) is 5.76. The summed E-state index contributed by atoms with van der Waals surface area (Å²) in [5.41, 5.74) is 5.74. The average Bonchev–Trinajstić information content (AvgIpc) is 2.55. The number of fused-ring (bicyclic) bond motifs is 1. The summed E-state index contributed by atoms with van der Waals surface area (Å²) in [7, 11) is 0. The molecule has 23 heavy (non-hydrogen) atoms. The van der Waals surface area contributed by atoms with E-state index in [1.54, 1.807) is 18.3 Å². The quantitative estimate of drug-likeness (QED) is 0.639. The van der Waals surface area contributed by atoms with Crippen molar-refractivity contribution in [3.05, 3.63) is 64.3 Å². The summed E-state index contributed by atoms with van der Waals surface area (Å²) < 4.78 is 1.11. The molecule has 0 aliphatic rings. The minimum absolute atomic E-state index is 0.0885. The number of nitrogens with one attached hydrogen (secondary N) is 1. The second-order valence-corrected chi connectivity index (χ2v) is 4.79. The number of pyridine rings is 2. The number of hydrogen-bond acceptors (Lipinski definition) is 6. The van der Waals surface area contributed by atoms with E-state index in [-0.39, 0.29) is 23.5 Å². The molecule has 0 radical (unpaired) electrons. The number of nitrogens with two attached hydrogens (primary N) is 1. The lowest BCUT2D eigenvalue weighted by Gasteiger charge is -2.08. The Hall–Kier alpha value is -3.42. The summed E-state index contributed by atoms with van der Waals surface area (Å²) in [5, 5.41) is 12.3. The molecular weight excluding hydrogens is 298 g/mol. The molecule has 0 bridgehead atoms. The molecule has 4 N–H and O–H groups in total. The molecule has 0 aliphatic carbocycles. The van der Waals surface area contributed by atoms with Crippen molar-refractivity contribution in [2.45, 2.75) is 6.54 Å². The molecule has 0 unspecified atom stereocenters. The number of aromatic hydroxyl groups is 1. The topological polar surface area (TPSA) is 123 Å². The standard InChI is InChI=1S/C15H13N5O3/c16-12-9(3-1-5-17-12)7-19-14(22)10-8-18-13-11(21)4-2-6-20(13)15(10)23/h1-6,8,21H,7H2,(H2,16,17)(H,19,22). The molecule has 0 aromatic carbocycles. The number of carbonyl (C=O) groups is 1. The third-order valence-electron chi connectivity index (χ3n) is 3.32. The monoisotopic (exact) mass is 311 g/mol. The van der Waals surface area contributed by atoms with E-state index in [4.69, 9.17) is 5.73 Å². The molecule has 3 rings (SSSR count). The van der Waals surface area contributed by atoms with Gasteiger partial charge in [0.15, 0.2) is 11.4 Å². The molecule has 0 spiro atoms. The van der Waals surface area contributed by atoms with Crippen LogP contribution in [0.5, 0.6) is 5.75 Å². The van der Waals surface area contributed by atoms with Crippen LogP contribution in [0.3, 0.4) is 0 Å². The maximum Gasteiger partial charge on any atom is 0.270 e. The molecule has 116 valence electrons. The fourth-order valence-corrected chi connectivity index (χ4v) is 2.12. The molecule has 8 heteroatoms. The smallest absolute Gasteiger partial charge is 0.270 e. The van der Waals surface area contributed by atoms with Crippen LogP contribution >= 0.6 is 0 Å². The number of aromatic nitrogens is 3. The fourth-order valence-electron chi connectivity index (χ4n) is 2.12. The van der Waals surface area contributed by atoms with Crippen molar-refractivity contribution in [1.82, 2.24) is 19.7 Å². The van der Waals surface area contributed by atoms with E-state index >= 15 is 0 Å². The molecule has 3 heterocycles. The Morgan fingerprint density at radius 2 is 2.13 bits per heavy atom. The van der Waals surface area contributed by atoms with Gasteiger partial charge in [-0.15, -0.1) is 0 Å². The van der Waals surface area contributed by atoms with Crippen LogP contribution in [0.2, 0.25) is 0 Å². The number of amides is 1. The maximum absolute atomic E-state index is 12.3. The van der Waals surface area contributed by atoms with E-state index in [0.29, 0.717) is 11.4 Å². The van der Waals surface area contributed by atoms with E-state index in [1.807, 2.05) is 0 Å². The summed E-state index contributed by atoms with van der Waals surface area (Å²) in [6.07, 6.45) is 4.12. The summed E-state index contributed by atoms with van der Waals surface area (Å²) >= 11 is 0. The van der Waals surface area contributed by atoms with Crippen molar-refractivity contribution in [3.8, 4) is 5.75 Å². The van der Waals surface area contributed by atoms with Crippen LogP contribution in [0.1, 0.15) is 15.9 Å². The molecule has 3 aromatic heterocycles. The molecular formula is C15H13N5O3. The Labute approximate surface area is 130 Å². The third kappa shape index (κ3) is 2.69. The zero-order valence-corrected chi connectivity index (χ0v) is 11.9. The van der Waals surface area contributed by atoms with Gasteiger partial charge in [0, 0.05) is 30.7 Å². The number of rotatable bonds is 3. The molecule has 8 nitrogen and oxygen atoms in total. The van der Waals surface area contributed by atoms with E-state index in [2.05, 4.69) is 15.3 Å². The van der Waals surface area contributed by atoms with E-state index in [9.17, 15) is 14.7 Å². The maximum atomic E-state index is 12.3. The van der Waals surface area contributed by atoms with Crippen LogP contribution in [0.4, 0.5) is 5.82 Å². The first-order valence-electron chi connectivity index (χ1n) is 6.75. The first-order chi connectivity index (χ1) is 11.1. The number of hydrogen-bond donors (Lipinski definition) is 3. The van der Waals surface area contributed by atoms with Gasteiger partial charge < -0.3 is 16.2 Å². The normalized spacial score (nSPS) is 10.6. The Morgan fingerprint density at radius 1 is 1.30 bits per heavy atom. The number of anilines is 1. The Kier molecular flexibility index (Phi) is 3.63. The average molecular weight is 311 g/mol. The van der Waals surface area contributed by atoms with Gasteiger partial charge in [-0.05, 0) is 18.2 Å². The summed E-state index contributed by atoms with van der Waals surface area (Å²) in [6.45, 7) is 0.140. The highest BCUT2D eigenvalue weighted by atomic mass is 16.3. The summed E-state index contributed by atoms with van der Waals surface area (Å²) in [6, 6.07) is 6.33. The lowest BCUT2D eigenvalue weighted by molar-refractivity contribution is 0.0949. The van der Waals surface area contributed by atoms with Crippen LogP contribution in [0, 0.1) is 0 Å². The van der Waals surface area contributed by atoms with Crippen molar-refractivity contribution in [2.24, 2.45) is 0 Å². The first-order valence-corrected chi connectivity index (χ1v) is 6.75. The molecule has 1 amide bonds. The lowest BCUT2D eigenvalue weighted by Crippen LogP contribution is -2.31. The number of carbonyl (C=O) groups excluding carboxylic acids is 1. The van der Waals surface area contributed by atoms with Gasteiger partial charge in [0.05, 0.1) is 0 Å². The van der Waals surface area contributed by atoms with Crippen LogP contribution in [-0.4, -0.2) is 25.4 Å². The number of nitrogen functional groups attached to an aromatic ring is 1. The first kappa shape index (κ1) is 14.5. The van der Waals surface area contributed by atoms with Crippen LogP contribution in [-0.2, 0) is 6.54 Å². The minimum Gasteiger partial charge on any atom is -0.504 e. The van der Waals surface area contributed by atoms with Crippen molar-refractivity contribution >= 4 is 17.4 Å². The lowest BCUT2D eigenvalue weighted by atomic mass is 10.2. The Morgan fingerprint density at radius 3 is 2.91 bits per heavy atom. The SMILES string of the molecule is Nc1ncccc1CNC(=O)c1cnc2c(O)cccn2c1=O. The van der Waals surface area contributed by atoms with E-state index in [0.717, 1.165) is 10.6 Å². The van der Waals surface area contributed by atoms with Gasteiger partial charge in [0.25, 0.3) is 11.5 Å². The van der Waals surface area contributed by atoms with Gasteiger partial charge in [-0.2, -0.15) is 0 Å². The van der Waals surface area contributed by atoms with Gasteiger partial charge in [-0.3, -0.25) is 14.0 Å². The van der Waals surface area contributed by atoms with E-state index < -0.39 is 11.5 Å². The zero-order chi connectivity index (χ0) is 16.4. The van der Waals surface area contributed by atoms with Gasteiger partial charge >= 0.3 is 0 Å². The second-order valence-electron chi connectivity index (χ2n) is 4.79. The molecule has 3 aromatic rings. The van der Waals surface area contributed by atoms with Gasteiger partial charge in [0.2, 0.25) is 0 Å².